The van der Waals surface area contributed by atoms with Gasteiger partial charge in [0.2, 0.25) is 5.91 Å². The number of amides is 2. The lowest BCUT2D eigenvalue weighted by molar-refractivity contribution is -0.118. The quantitative estimate of drug-likeness (QED) is 0.543. The van der Waals surface area contributed by atoms with Crippen molar-refractivity contribution in [1.82, 2.24) is 25.2 Å². The second-order valence-corrected chi connectivity index (χ2v) is 8.33. The van der Waals surface area contributed by atoms with Crippen molar-refractivity contribution in [2.75, 3.05) is 36.9 Å². The molecule has 3 aromatic heterocycles. The highest BCUT2D eigenvalue weighted by molar-refractivity contribution is 6.04. The number of hydrogen-bond donors (Lipinski definition) is 3. The number of pyridine rings is 3. The molecule has 10 nitrogen and oxygen atoms in total. The number of hydrogen-bond acceptors (Lipinski definition) is 7. The number of fused-ring (bicyclic) bond motifs is 4. The van der Waals surface area contributed by atoms with Crippen LogP contribution in [0.25, 0.3) is 11.0 Å². The number of anilines is 2. The fraction of sp³-hybridized carbons (Fsp3) is 0.348. The van der Waals surface area contributed by atoms with Crippen LogP contribution < -0.4 is 21.1 Å². The first-order valence-corrected chi connectivity index (χ1v) is 11.0. The Morgan fingerprint density at radius 1 is 1.24 bits per heavy atom. The highest BCUT2D eigenvalue weighted by Crippen LogP contribution is 2.32. The summed E-state index contributed by atoms with van der Waals surface area (Å²) in [4.78, 5) is 52.9. The molecule has 0 saturated carbocycles. The highest BCUT2D eigenvalue weighted by Gasteiger charge is 2.38. The third-order valence-electron chi connectivity index (χ3n) is 6.26. The van der Waals surface area contributed by atoms with E-state index in [2.05, 4.69) is 30.5 Å². The number of nitrogens with zero attached hydrogens (tertiary/aromatic N) is 4. The largest absolute Gasteiger partial charge is 0.354 e. The number of aromatic amines is 1. The van der Waals surface area contributed by atoms with Crippen molar-refractivity contribution in [3.8, 4) is 0 Å². The number of piperazine rings is 1. The molecule has 0 aromatic carbocycles. The van der Waals surface area contributed by atoms with Gasteiger partial charge < -0.3 is 20.5 Å². The summed E-state index contributed by atoms with van der Waals surface area (Å²) in [6, 6.07) is 6.95. The van der Waals surface area contributed by atoms with Crippen molar-refractivity contribution in [1.29, 1.82) is 0 Å². The van der Waals surface area contributed by atoms with Crippen molar-refractivity contribution in [2.24, 2.45) is 0 Å². The van der Waals surface area contributed by atoms with Crippen molar-refractivity contribution in [3.05, 3.63) is 57.6 Å². The van der Waals surface area contributed by atoms with E-state index in [1.165, 1.54) is 0 Å². The zero-order chi connectivity index (χ0) is 23.1. The topological polar surface area (TPSA) is 123 Å². The third kappa shape index (κ3) is 3.82. The predicted molar refractivity (Wildman–Crippen MR) is 124 cm³/mol. The number of aryl methyl sites for hydroxylation is 1. The fourth-order valence-corrected chi connectivity index (χ4v) is 4.50. The van der Waals surface area contributed by atoms with Crippen LogP contribution in [0.15, 0.2) is 35.3 Å². The summed E-state index contributed by atoms with van der Waals surface area (Å²) >= 11 is 0. The van der Waals surface area contributed by atoms with E-state index in [-0.39, 0.29) is 29.1 Å². The van der Waals surface area contributed by atoms with Gasteiger partial charge in [-0.3, -0.25) is 24.3 Å². The normalized spacial score (nSPS) is 17.9. The molecule has 0 spiro atoms. The fourth-order valence-electron chi connectivity index (χ4n) is 4.50. The molecular formula is C23H25N7O3. The van der Waals surface area contributed by atoms with Crippen LogP contribution >= 0.6 is 0 Å². The van der Waals surface area contributed by atoms with Crippen LogP contribution in [0.3, 0.4) is 0 Å². The maximum absolute atomic E-state index is 12.8. The molecule has 0 unspecified atom stereocenters. The van der Waals surface area contributed by atoms with Gasteiger partial charge in [0.05, 0.1) is 16.7 Å². The number of rotatable bonds is 4. The van der Waals surface area contributed by atoms with Crippen molar-refractivity contribution >= 4 is 34.4 Å². The second-order valence-electron chi connectivity index (χ2n) is 8.33. The van der Waals surface area contributed by atoms with Gasteiger partial charge in [-0.15, -0.1) is 0 Å². The Morgan fingerprint density at radius 3 is 2.88 bits per heavy atom. The summed E-state index contributed by atoms with van der Waals surface area (Å²) in [6.45, 7) is 4.53. The summed E-state index contributed by atoms with van der Waals surface area (Å²) < 4.78 is 0. The molecule has 1 fully saturated rings. The molecule has 2 amide bonds. The van der Waals surface area contributed by atoms with E-state index in [4.69, 9.17) is 0 Å². The minimum Gasteiger partial charge on any atom is -0.354 e. The maximum atomic E-state index is 12.8. The molecule has 5 rings (SSSR count). The smallest absolute Gasteiger partial charge is 0.269 e. The van der Waals surface area contributed by atoms with E-state index in [0.29, 0.717) is 31.9 Å². The van der Waals surface area contributed by atoms with E-state index in [1.807, 2.05) is 36.2 Å². The molecule has 0 radical (unpaired) electrons. The van der Waals surface area contributed by atoms with Gasteiger partial charge in [-0.2, -0.15) is 0 Å². The molecule has 3 N–H and O–H groups in total. The lowest BCUT2D eigenvalue weighted by atomic mass is 10.1. The van der Waals surface area contributed by atoms with E-state index in [9.17, 15) is 14.4 Å². The SMILES string of the molecule is CCc1cc2ncc(CN3CCN4c5ccc(C(=O)NC)nc5NC(=O)[C@@H]4C3)cc2[nH]c1=O. The number of nitrogens with one attached hydrogen (secondary N) is 3. The zero-order valence-electron chi connectivity index (χ0n) is 18.5. The minimum absolute atomic E-state index is 0.0803. The Balaban J connectivity index is 1.34. The van der Waals surface area contributed by atoms with Gasteiger partial charge in [0, 0.05) is 45.0 Å². The number of H-pyrrole nitrogens is 1. The summed E-state index contributed by atoms with van der Waals surface area (Å²) in [5, 5.41) is 5.40. The molecule has 1 atom stereocenters. The molecule has 1 saturated heterocycles. The third-order valence-corrected chi connectivity index (χ3v) is 6.26. The van der Waals surface area contributed by atoms with Crippen LogP contribution in [0, 0.1) is 0 Å². The van der Waals surface area contributed by atoms with Crippen molar-refractivity contribution < 1.29 is 9.59 Å². The monoisotopic (exact) mass is 447 g/mol. The molecule has 2 aliphatic heterocycles. The Bertz CT molecular complexity index is 1320. The predicted octanol–water partition coefficient (Wildman–Crippen LogP) is 0.883. The minimum atomic E-state index is -0.348. The lowest BCUT2D eigenvalue weighted by Gasteiger charge is -2.44. The van der Waals surface area contributed by atoms with Crippen LogP contribution in [-0.4, -0.2) is 64.4 Å². The average Bonchev–Trinajstić information content (AvgIpc) is 2.83. The molecule has 0 aliphatic carbocycles. The van der Waals surface area contributed by atoms with Crippen LogP contribution in [0.4, 0.5) is 11.5 Å². The Labute approximate surface area is 190 Å². The van der Waals surface area contributed by atoms with E-state index >= 15 is 0 Å². The number of carbonyl (C=O) groups excluding carboxylic acids is 2. The van der Waals surface area contributed by atoms with Gasteiger partial charge in [0.15, 0.2) is 5.82 Å². The van der Waals surface area contributed by atoms with Crippen LogP contribution in [0.1, 0.15) is 28.5 Å². The van der Waals surface area contributed by atoms with Crippen LogP contribution in [0.5, 0.6) is 0 Å². The Kier molecular flexibility index (Phi) is 5.29. The lowest BCUT2D eigenvalue weighted by Crippen LogP contribution is -2.59. The van der Waals surface area contributed by atoms with E-state index in [0.717, 1.165) is 34.4 Å². The summed E-state index contributed by atoms with van der Waals surface area (Å²) in [5.41, 5.74) is 4.19. The molecule has 170 valence electrons. The maximum Gasteiger partial charge on any atom is 0.269 e. The Morgan fingerprint density at radius 2 is 2.09 bits per heavy atom. The molecule has 5 heterocycles. The molecule has 33 heavy (non-hydrogen) atoms. The Hall–Kier alpha value is -3.79. The first kappa shape index (κ1) is 21.1. The first-order valence-electron chi connectivity index (χ1n) is 11.0. The van der Waals surface area contributed by atoms with Gasteiger partial charge in [0.25, 0.3) is 11.5 Å². The molecule has 0 bridgehead atoms. The summed E-state index contributed by atoms with van der Waals surface area (Å²) in [7, 11) is 1.54. The molecular weight excluding hydrogens is 422 g/mol. The van der Waals surface area contributed by atoms with Crippen LogP contribution in [0.2, 0.25) is 0 Å². The first-order chi connectivity index (χ1) is 16.0. The molecule has 3 aromatic rings. The summed E-state index contributed by atoms with van der Waals surface area (Å²) in [5.74, 6) is -0.0167. The highest BCUT2D eigenvalue weighted by atomic mass is 16.2. The van der Waals surface area contributed by atoms with Gasteiger partial charge in [0.1, 0.15) is 11.7 Å². The van der Waals surface area contributed by atoms with E-state index in [1.54, 1.807) is 13.1 Å². The average molecular weight is 447 g/mol. The van der Waals surface area contributed by atoms with Gasteiger partial charge >= 0.3 is 0 Å². The number of carbonyl (C=O) groups is 2. The van der Waals surface area contributed by atoms with Gasteiger partial charge in [-0.25, -0.2) is 4.98 Å². The van der Waals surface area contributed by atoms with Crippen molar-refractivity contribution in [3.63, 3.8) is 0 Å². The van der Waals surface area contributed by atoms with Crippen LogP contribution in [-0.2, 0) is 17.8 Å². The summed E-state index contributed by atoms with van der Waals surface area (Å²) in [6.07, 6.45) is 2.49. The van der Waals surface area contributed by atoms with Gasteiger partial charge in [-0.1, -0.05) is 6.92 Å². The molecule has 2 aliphatic rings. The standard InChI is InChI=1S/C23H25N7O3/c1-3-14-9-16-17(27-21(14)31)8-13(10-25-16)11-29-6-7-30-18-5-4-15(22(32)24-2)26-20(18)28-23(33)19(30)12-29/h4-5,8-10,19H,3,6-7,11-12H2,1-2H3,(H,24,32)(H,27,31)(H,26,28,33)/t19-/m0/s1. The zero-order valence-corrected chi connectivity index (χ0v) is 18.5. The number of aromatic nitrogens is 3. The van der Waals surface area contributed by atoms with Crippen molar-refractivity contribution in [2.45, 2.75) is 25.9 Å². The van der Waals surface area contributed by atoms with E-state index < -0.39 is 0 Å². The molecule has 10 heteroatoms. The second kappa shape index (κ2) is 8.28. The van der Waals surface area contributed by atoms with Gasteiger partial charge in [-0.05, 0) is 36.2 Å².